The lowest BCUT2D eigenvalue weighted by atomic mass is 10.4. The van der Waals surface area contributed by atoms with Gasteiger partial charge in [0, 0.05) is 12.7 Å². The monoisotopic (exact) mass is 406 g/mol. The number of hydrogen-bond donors (Lipinski definition) is 1. The highest BCUT2D eigenvalue weighted by Gasteiger charge is 2.20. The fourth-order valence-electron chi connectivity index (χ4n) is 2.20. The molecule has 0 bridgehead atoms. The van der Waals surface area contributed by atoms with Crippen molar-refractivity contribution in [1.82, 2.24) is 14.5 Å². The number of allylic oxidation sites excluding steroid dienone is 1. The highest BCUT2D eigenvalue weighted by Crippen LogP contribution is 2.25. The molecule has 0 aliphatic rings. The van der Waals surface area contributed by atoms with Gasteiger partial charge in [0.2, 0.25) is 5.91 Å². The Hall–Kier alpha value is -2.16. The molecule has 3 rings (SSSR count). The van der Waals surface area contributed by atoms with E-state index in [0.29, 0.717) is 32.8 Å². The molecule has 3 aromatic heterocycles. The van der Waals surface area contributed by atoms with E-state index in [1.54, 1.807) is 31.2 Å². The van der Waals surface area contributed by atoms with Gasteiger partial charge in [0.05, 0.1) is 15.7 Å². The maximum Gasteiger partial charge on any atom is 0.263 e. The van der Waals surface area contributed by atoms with Gasteiger partial charge in [-0.1, -0.05) is 29.4 Å². The van der Waals surface area contributed by atoms with Crippen LogP contribution in [0.3, 0.4) is 0 Å². The Labute approximate surface area is 162 Å². The van der Waals surface area contributed by atoms with Crippen LogP contribution < -0.4 is 10.9 Å². The summed E-state index contributed by atoms with van der Waals surface area (Å²) in [5.41, 5.74) is -0.134. The molecule has 3 heterocycles. The van der Waals surface area contributed by atoms with Crippen molar-refractivity contribution in [1.29, 1.82) is 0 Å². The number of pyridine rings is 1. The highest BCUT2D eigenvalue weighted by atomic mass is 35.5. The largest absolute Gasteiger partial charge is 0.310 e. The Balaban J connectivity index is 1.83. The summed E-state index contributed by atoms with van der Waals surface area (Å²) in [5, 5.41) is 5.62. The minimum Gasteiger partial charge on any atom is -0.310 e. The number of halogens is 1. The van der Waals surface area contributed by atoms with E-state index in [1.807, 2.05) is 5.38 Å². The van der Waals surface area contributed by atoms with Crippen LogP contribution in [0.15, 0.2) is 52.4 Å². The number of aromatic nitrogens is 3. The van der Waals surface area contributed by atoms with Crippen LogP contribution in [0.5, 0.6) is 0 Å². The van der Waals surface area contributed by atoms with Crippen molar-refractivity contribution in [3.05, 3.63) is 57.8 Å². The van der Waals surface area contributed by atoms with Crippen LogP contribution in [0.1, 0.15) is 6.92 Å². The molecule has 0 fully saturated rings. The van der Waals surface area contributed by atoms with Crippen LogP contribution >= 0.6 is 34.7 Å². The van der Waals surface area contributed by atoms with Gasteiger partial charge in [-0.05, 0) is 30.5 Å². The summed E-state index contributed by atoms with van der Waals surface area (Å²) in [5.74, 6) is 0.174. The van der Waals surface area contributed by atoms with E-state index in [2.05, 4.69) is 21.9 Å². The summed E-state index contributed by atoms with van der Waals surface area (Å²) in [7, 11) is 0. The second kappa shape index (κ2) is 8.03. The molecule has 26 heavy (non-hydrogen) atoms. The average Bonchev–Trinajstić information content (AvgIpc) is 3.09. The minimum atomic E-state index is -0.479. The zero-order valence-electron chi connectivity index (χ0n) is 13.8. The molecular weight excluding hydrogens is 392 g/mol. The minimum absolute atomic E-state index is 0.134. The number of carbonyl (C=O) groups is 1. The lowest BCUT2D eigenvalue weighted by Crippen LogP contribution is -2.26. The number of nitrogens with zero attached hydrogens (tertiary/aromatic N) is 3. The predicted molar refractivity (Wildman–Crippen MR) is 107 cm³/mol. The van der Waals surface area contributed by atoms with Crippen molar-refractivity contribution in [2.24, 2.45) is 0 Å². The van der Waals surface area contributed by atoms with Gasteiger partial charge in [0.25, 0.3) is 5.56 Å². The molecule has 1 amide bonds. The standard InChI is InChI=1S/C17H15ClN4O2S2/c1-3-7-22-16(24)12-6-8-25-15(12)21-17(22)26-10(2)14(23)20-13-5-4-11(18)9-19-13/h3-6,8-10H,1,7H2,2H3,(H,19,20,23). The fraction of sp³-hybridized carbons (Fsp3) is 0.176. The number of nitrogens with one attached hydrogen (secondary N) is 1. The lowest BCUT2D eigenvalue weighted by Gasteiger charge is -2.14. The van der Waals surface area contributed by atoms with Crippen molar-refractivity contribution >= 4 is 56.6 Å². The van der Waals surface area contributed by atoms with Crippen molar-refractivity contribution in [3.63, 3.8) is 0 Å². The molecule has 0 spiro atoms. The van der Waals surface area contributed by atoms with Gasteiger partial charge < -0.3 is 5.32 Å². The van der Waals surface area contributed by atoms with E-state index in [-0.39, 0.29) is 11.5 Å². The van der Waals surface area contributed by atoms with Gasteiger partial charge in [0.1, 0.15) is 10.6 Å². The molecule has 3 aromatic rings. The molecule has 1 unspecified atom stereocenters. The molecule has 1 N–H and O–H groups in total. The van der Waals surface area contributed by atoms with E-state index in [1.165, 1.54) is 33.9 Å². The Bertz CT molecular complexity index is 1010. The van der Waals surface area contributed by atoms with Gasteiger partial charge in [-0.3, -0.25) is 14.2 Å². The molecular formula is C17H15ClN4O2S2. The molecule has 0 aromatic carbocycles. The van der Waals surface area contributed by atoms with E-state index in [0.717, 1.165) is 0 Å². The number of rotatable bonds is 6. The second-order valence-corrected chi connectivity index (χ2v) is 7.99. The molecule has 9 heteroatoms. The summed E-state index contributed by atoms with van der Waals surface area (Å²) >= 11 is 8.40. The lowest BCUT2D eigenvalue weighted by molar-refractivity contribution is -0.115. The number of thiophene rings is 1. The fourth-order valence-corrected chi connectivity index (χ4v) is 4.03. The second-order valence-electron chi connectivity index (χ2n) is 5.35. The number of thioether (sulfide) groups is 1. The Kier molecular flexibility index (Phi) is 5.75. The molecule has 134 valence electrons. The number of carbonyl (C=O) groups excluding carboxylic acids is 1. The molecule has 6 nitrogen and oxygen atoms in total. The number of amides is 1. The van der Waals surface area contributed by atoms with Gasteiger partial charge in [-0.2, -0.15) is 0 Å². The van der Waals surface area contributed by atoms with Crippen molar-refractivity contribution < 1.29 is 4.79 Å². The first-order valence-electron chi connectivity index (χ1n) is 7.67. The summed E-state index contributed by atoms with van der Waals surface area (Å²) in [6, 6.07) is 5.03. The Morgan fingerprint density at radius 3 is 3.00 bits per heavy atom. The summed E-state index contributed by atoms with van der Waals surface area (Å²) in [6.45, 7) is 5.77. The first-order valence-corrected chi connectivity index (χ1v) is 9.81. The average molecular weight is 407 g/mol. The van der Waals surface area contributed by atoms with Crippen LogP contribution in [0.25, 0.3) is 10.2 Å². The highest BCUT2D eigenvalue weighted by molar-refractivity contribution is 8.00. The summed E-state index contributed by atoms with van der Waals surface area (Å²) < 4.78 is 1.52. The van der Waals surface area contributed by atoms with E-state index in [4.69, 9.17) is 11.6 Å². The van der Waals surface area contributed by atoms with Crippen LogP contribution in [0.2, 0.25) is 5.02 Å². The molecule has 0 aliphatic carbocycles. The Morgan fingerprint density at radius 2 is 2.31 bits per heavy atom. The normalized spacial score (nSPS) is 12.1. The molecule has 0 aliphatic heterocycles. The van der Waals surface area contributed by atoms with Gasteiger partial charge in [-0.15, -0.1) is 17.9 Å². The number of anilines is 1. The van der Waals surface area contributed by atoms with E-state index in [9.17, 15) is 9.59 Å². The summed E-state index contributed by atoms with van der Waals surface area (Å²) in [4.78, 5) is 34.3. The smallest absolute Gasteiger partial charge is 0.263 e. The quantitative estimate of drug-likeness (QED) is 0.382. The first kappa shape index (κ1) is 18.6. The van der Waals surface area contributed by atoms with Gasteiger partial charge >= 0.3 is 0 Å². The number of hydrogen-bond acceptors (Lipinski definition) is 6. The third-order valence-electron chi connectivity index (χ3n) is 3.49. The van der Waals surface area contributed by atoms with E-state index >= 15 is 0 Å². The van der Waals surface area contributed by atoms with Crippen LogP contribution in [0, 0.1) is 0 Å². The first-order chi connectivity index (χ1) is 12.5. The summed E-state index contributed by atoms with van der Waals surface area (Å²) in [6.07, 6.45) is 3.09. The van der Waals surface area contributed by atoms with Crippen LogP contribution in [0.4, 0.5) is 5.82 Å². The topological polar surface area (TPSA) is 76.9 Å². The predicted octanol–water partition coefficient (Wildman–Crippen LogP) is 3.81. The molecule has 0 saturated carbocycles. The zero-order chi connectivity index (χ0) is 18.7. The van der Waals surface area contributed by atoms with Crippen molar-refractivity contribution in [2.45, 2.75) is 23.9 Å². The van der Waals surface area contributed by atoms with Gasteiger partial charge in [-0.25, -0.2) is 9.97 Å². The number of fused-ring (bicyclic) bond motifs is 1. The maximum atomic E-state index is 12.6. The SMILES string of the molecule is C=CCn1c(SC(C)C(=O)Nc2ccc(Cl)cn2)nc2sccc2c1=O. The molecule has 0 saturated heterocycles. The van der Waals surface area contributed by atoms with Crippen LogP contribution in [-0.4, -0.2) is 25.7 Å². The van der Waals surface area contributed by atoms with Crippen LogP contribution in [-0.2, 0) is 11.3 Å². The molecule has 0 radical (unpaired) electrons. The molecule has 1 atom stereocenters. The van der Waals surface area contributed by atoms with Gasteiger partial charge in [0.15, 0.2) is 5.16 Å². The van der Waals surface area contributed by atoms with Crippen molar-refractivity contribution in [3.8, 4) is 0 Å². The maximum absolute atomic E-state index is 12.6. The Morgan fingerprint density at radius 1 is 1.50 bits per heavy atom. The zero-order valence-corrected chi connectivity index (χ0v) is 16.2. The third kappa shape index (κ3) is 3.98. The third-order valence-corrected chi connectivity index (χ3v) is 5.61. The van der Waals surface area contributed by atoms with Crippen molar-refractivity contribution in [2.75, 3.05) is 5.32 Å². The van der Waals surface area contributed by atoms with E-state index < -0.39 is 5.25 Å².